The molecule has 114 valence electrons. The molecule has 0 spiro atoms. The Hall–Kier alpha value is -2.40. The van der Waals surface area contributed by atoms with Crippen molar-refractivity contribution < 1.29 is 9.59 Å². The third-order valence-corrected chi connectivity index (χ3v) is 3.17. The summed E-state index contributed by atoms with van der Waals surface area (Å²) in [4.78, 5) is 28.1. The first-order valence-corrected chi connectivity index (χ1v) is 7.40. The Bertz CT molecular complexity index is 647. The van der Waals surface area contributed by atoms with Crippen molar-refractivity contribution >= 4 is 34.8 Å². The zero-order chi connectivity index (χ0) is 15.8. The highest BCUT2D eigenvalue weighted by Crippen LogP contribution is 2.17. The summed E-state index contributed by atoms with van der Waals surface area (Å²) >= 11 is 5.57. The van der Waals surface area contributed by atoms with Crippen molar-refractivity contribution in [1.29, 1.82) is 0 Å². The van der Waals surface area contributed by atoms with Crippen molar-refractivity contribution in [2.24, 2.45) is 0 Å². The largest absolute Gasteiger partial charge is 0.325 e. The van der Waals surface area contributed by atoms with Crippen molar-refractivity contribution in [2.75, 3.05) is 16.5 Å². The van der Waals surface area contributed by atoms with Gasteiger partial charge in [0.05, 0.1) is 23.1 Å². The van der Waals surface area contributed by atoms with Gasteiger partial charge in [0.25, 0.3) is 5.91 Å². The van der Waals surface area contributed by atoms with E-state index in [9.17, 15) is 9.59 Å². The molecular formula is C16H16ClN3O2. The highest BCUT2D eigenvalue weighted by molar-refractivity contribution is 6.18. The molecule has 1 aromatic heterocycles. The van der Waals surface area contributed by atoms with Crippen LogP contribution in [0.25, 0.3) is 0 Å². The quantitative estimate of drug-likeness (QED) is 0.803. The number of carbonyl (C=O) groups excluding carboxylic acids is 2. The number of nitrogens with zero attached hydrogens (tertiary/aromatic N) is 1. The molecule has 1 aromatic carbocycles. The zero-order valence-electron chi connectivity index (χ0n) is 11.9. The fourth-order valence-electron chi connectivity index (χ4n) is 1.87. The highest BCUT2D eigenvalue weighted by Gasteiger charge is 2.13. The summed E-state index contributed by atoms with van der Waals surface area (Å²) in [6.45, 7) is 0. The van der Waals surface area contributed by atoms with E-state index in [4.69, 9.17) is 11.6 Å². The summed E-state index contributed by atoms with van der Waals surface area (Å²) < 4.78 is 0. The molecule has 0 aliphatic rings. The minimum atomic E-state index is -0.304. The van der Waals surface area contributed by atoms with Crippen molar-refractivity contribution in [3.8, 4) is 0 Å². The molecular weight excluding hydrogens is 302 g/mol. The van der Waals surface area contributed by atoms with E-state index in [2.05, 4.69) is 15.6 Å². The average molecular weight is 318 g/mol. The van der Waals surface area contributed by atoms with E-state index in [0.717, 1.165) is 0 Å². The number of nitrogens with one attached hydrogen (secondary N) is 2. The van der Waals surface area contributed by atoms with Gasteiger partial charge in [-0.05, 0) is 30.7 Å². The molecule has 0 saturated heterocycles. The maximum Gasteiger partial charge on any atom is 0.257 e. The van der Waals surface area contributed by atoms with Gasteiger partial charge in [-0.3, -0.25) is 14.6 Å². The lowest BCUT2D eigenvalue weighted by Crippen LogP contribution is -2.18. The lowest BCUT2D eigenvalue weighted by Gasteiger charge is -2.11. The number of alkyl halides is 1. The third kappa shape index (κ3) is 4.56. The number of halogens is 1. The predicted octanol–water partition coefficient (Wildman–Crippen LogP) is 3.29. The second kappa shape index (κ2) is 8.14. The Morgan fingerprint density at radius 3 is 2.64 bits per heavy atom. The fourth-order valence-corrected chi connectivity index (χ4v) is 2.00. The van der Waals surface area contributed by atoms with Crippen LogP contribution in [0.5, 0.6) is 0 Å². The van der Waals surface area contributed by atoms with Crippen LogP contribution in [0.15, 0.2) is 48.8 Å². The number of anilines is 2. The monoisotopic (exact) mass is 317 g/mol. The van der Waals surface area contributed by atoms with Gasteiger partial charge in [0, 0.05) is 18.5 Å². The number of aromatic nitrogens is 1. The maximum absolute atomic E-state index is 12.3. The third-order valence-electron chi connectivity index (χ3n) is 2.90. The summed E-state index contributed by atoms with van der Waals surface area (Å²) in [5, 5.41) is 5.48. The Morgan fingerprint density at radius 1 is 1.09 bits per heavy atom. The first-order chi connectivity index (χ1) is 10.7. The Kier molecular flexibility index (Phi) is 5.91. The normalized spacial score (nSPS) is 10.0. The molecule has 0 saturated carbocycles. The van der Waals surface area contributed by atoms with Gasteiger partial charge < -0.3 is 10.6 Å². The van der Waals surface area contributed by atoms with Gasteiger partial charge in [-0.1, -0.05) is 12.1 Å². The summed E-state index contributed by atoms with van der Waals surface area (Å²) in [5.74, 6) is -0.0418. The van der Waals surface area contributed by atoms with Crippen LogP contribution in [-0.4, -0.2) is 22.7 Å². The number of benzene rings is 1. The van der Waals surface area contributed by atoms with Crippen molar-refractivity contribution in [2.45, 2.75) is 12.8 Å². The standard InChI is InChI=1S/C16H16ClN3O2/c17-9-3-8-15(21)20-14-7-2-1-6-13(14)16(22)19-12-5-4-10-18-11-12/h1-2,4-7,10-11H,3,8-9H2,(H,19,22)(H,20,21). The Balaban J connectivity index is 2.10. The van der Waals surface area contributed by atoms with Crippen LogP contribution in [0, 0.1) is 0 Å². The van der Waals surface area contributed by atoms with Crippen LogP contribution in [0.4, 0.5) is 11.4 Å². The number of hydrogen-bond acceptors (Lipinski definition) is 3. The van der Waals surface area contributed by atoms with Crippen LogP contribution in [0.3, 0.4) is 0 Å². The van der Waals surface area contributed by atoms with Crippen LogP contribution in [-0.2, 0) is 4.79 Å². The van der Waals surface area contributed by atoms with E-state index in [1.54, 1.807) is 48.8 Å². The van der Waals surface area contributed by atoms with Crippen LogP contribution < -0.4 is 10.6 Å². The average Bonchev–Trinajstić information content (AvgIpc) is 2.54. The zero-order valence-corrected chi connectivity index (χ0v) is 12.6. The lowest BCUT2D eigenvalue weighted by atomic mass is 10.1. The smallest absolute Gasteiger partial charge is 0.257 e. The van der Waals surface area contributed by atoms with Gasteiger partial charge in [0.2, 0.25) is 5.91 Å². The first-order valence-electron chi connectivity index (χ1n) is 6.87. The molecule has 0 aliphatic carbocycles. The van der Waals surface area contributed by atoms with Gasteiger partial charge >= 0.3 is 0 Å². The second-order valence-electron chi connectivity index (χ2n) is 4.58. The molecule has 2 aromatic rings. The van der Waals surface area contributed by atoms with Crippen LogP contribution in [0.2, 0.25) is 0 Å². The SMILES string of the molecule is O=C(CCCCl)Nc1ccccc1C(=O)Nc1cccnc1. The molecule has 5 nitrogen and oxygen atoms in total. The maximum atomic E-state index is 12.3. The van der Waals surface area contributed by atoms with Gasteiger partial charge in [-0.15, -0.1) is 11.6 Å². The number of para-hydroxylation sites is 1. The Labute approximate surface area is 133 Å². The number of carbonyl (C=O) groups is 2. The lowest BCUT2D eigenvalue weighted by molar-refractivity contribution is -0.116. The molecule has 1 heterocycles. The van der Waals surface area contributed by atoms with Crippen molar-refractivity contribution in [3.63, 3.8) is 0 Å². The fraction of sp³-hybridized carbons (Fsp3) is 0.188. The van der Waals surface area contributed by atoms with Crippen molar-refractivity contribution in [1.82, 2.24) is 4.98 Å². The predicted molar refractivity (Wildman–Crippen MR) is 87.2 cm³/mol. The minimum absolute atomic E-state index is 0.165. The van der Waals surface area contributed by atoms with E-state index >= 15 is 0 Å². The van der Waals surface area contributed by atoms with Gasteiger partial charge in [0.15, 0.2) is 0 Å². The van der Waals surface area contributed by atoms with Gasteiger partial charge in [-0.25, -0.2) is 0 Å². The molecule has 0 bridgehead atoms. The van der Waals surface area contributed by atoms with Crippen molar-refractivity contribution in [3.05, 3.63) is 54.4 Å². The van der Waals surface area contributed by atoms with E-state index < -0.39 is 0 Å². The van der Waals surface area contributed by atoms with E-state index in [0.29, 0.717) is 35.7 Å². The number of rotatable bonds is 6. The molecule has 0 radical (unpaired) electrons. The number of amides is 2. The van der Waals surface area contributed by atoms with E-state index in [-0.39, 0.29) is 11.8 Å². The molecule has 0 fully saturated rings. The minimum Gasteiger partial charge on any atom is -0.325 e. The first kappa shape index (κ1) is 16.0. The van der Waals surface area contributed by atoms with E-state index in [1.807, 2.05) is 0 Å². The van der Waals surface area contributed by atoms with Crippen LogP contribution >= 0.6 is 11.6 Å². The molecule has 2 N–H and O–H groups in total. The van der Waals surface area contributed by atoms with Crippen LogP contribution in [0.1, 0.15) is 23.2 Å². The number of hydrogen-bond donors (Lipinski definition) is 2. The van der Waals surface area contributed by atoms with Gasteiger partial charge in [0.1, 0.15) is 0 Å². The molecule has 2 rings (SSSR count). The summed E-state index contributed by atoms with van der Waals surface area (Å²) in [6.07, 6.45) is 4.10. The van der Waals surface area contributed by atoms with Gasteiger partial charge in [-0.2, -0.15) is 0 Å². The summed E-state index contributed by atoms with van der Waals surface area (Å²) in [7, 11) is 0. The summed E-state index contributed by atoms with van der Waals surface area (Å²) in [5.41, 5.74) is 1.46. The summed E-state index contributed by atoms with van der Waals surface area (Å²) in [6, 6.07) is 10.3. The van der Waals surface area contributed by atoms with E-state index in [1.165, 1.54) is 0 Å². The molecule has 2 amide bonds. The molecule has 0 aliphatic heterocycles. The topological polar surface area (TPSA) is 71.1 Å². The molecule has 0 atom stereocenters. The highest BCUT2D eigenvalue weighted by atomic mass is 35.5. The Morgan fingerprint density at radius 2 is 1.91 bits per heavy atom. The molecule has 6 heteroatoms. The second-order valence-corrected chi connectivity index (χ2v) is 4.96. The molecule has 0 unspecified atom stereocenters. The number of pyridine rings is 1. The molecule has 22 heavy (non-hydrogen) atoms.